The molecule has 0 aliphatic carbocycles. The van der Waals surface area contributed by atoms with E-state index in [0.29, 0.717) is 0 Å². The summed E-state index contributed by atoms with van der Waals surface area (Å²) in [4.78, 5) is 6.63. The van der Waals surface area contributed by atoms with Gasteiger partial charge >= 0.3 is 0 Å². The van der Waals surface area contributed by atoms with Crippen molar-refractivity contribution in [1.29, 1.82) is 0 Å². The van der Waals surface area contributed by atoms with Gasteiger partial charge in [-0.15, -0.1) is 0 Å². The zero-order valence-electron chi connectivity index (χ0n) is 12.4. The Kier molecular flexibility index (Phi) is 9.24. The van der Waals surface area contributed by atoms with Gasteiger partial charge < -0.3 is 14.4 Å². The lowest BCUT2D eigenvalue weighted by Gasteiger charge is -2.09. The number of rotatable bonds is 8. The van der Waals surface area contributed by atoms with Crippen molar-refractivity contribution in [1.82, 2.24) is 4.90 Å². The highest BCUT2D eigenvalue weighted by Gasteiger charge is 2.03. The van der Waals surface area contributed by atoms with Gasteiger partial charge in [-0.3, -0.25) is 4.99 Å². The fraction of sp³-hybridized carbons (Fsp3) is 0.643. The van der Waals surface area contributed by atoms with Crippen LogP contribution >= 0.6 is 0 Å². The van der Waals surface area contributed by atoms with Crippen LogP contribution in [0.5, 0.6) is 0 Å². The van der Waals surface area contributed by atoms with Crippen molar-refractivity contribution >= 4 is 5.71 Å². The predicted molar refractivity (Wildman–Crippen MR) is 77.0 cm³/mol. The van der Waals surface area contributed by atoms with E-state index >= 15 is 0 Å². The molecule has 0 saturated carbocycles. The monoisotopic (exact) mass is 254 g/mol. The molecular formula is C14H26N2O2. The summed E-state index contributed by atoms with van der Waals surface area (Å²) in [6.07, 6.45) is 6.71. The third kappa shape index (κ3) is 8.03. The van der Waals surface area contributed by atoms with Crippen LogP contribution in [-0.4, -0.2) is 51.6 Å². The van der Waals surface area contributed by atoms with E-state index < -0.39 is 0 Å². The van der Waals surface area contributed by atoms with Gasteiger partial charge in [-0.05, 0) is 40.4 Å². The van der Waals surface area contributed by atoms with Crippen LogP contribution in [0.4, 0.5) is 0 Å². The summed E-state index contributed by atoms with van der Waals surface area (Å²) in [5.41, 5.74) is 1.73. The summed E-state index contributed by atoms with van der Waals surface area (Å²) in [5.74, 6) is 0. The fourth-order valence-corrected chi connectivity index (χ4v) is 1.23. The second-order valence-electron chi connectivity index (χ2n) is 4.40. The summed E-state index contributed by atoms with van der Waals surface area (Å²) in [7, 11) is 7.42. The van der Waals surface area contributed by atoms with Gasteiger partial charge in [0.1, 0.15) is 6.26 Å². The van der Waals surface area contributed by atoms with E-state index in [1.54, 1.807) is 20.5 Å². The summed E-state index contributed by atoms with van der Waals surface area (Å²) in [6.45, 7) is 4.94. The molecule has 18 heavy (non-hydrogen) atoms. The molecule has 1 unspecified atom stereocenters. The molecule has 0 aliphatic rings. The molecule has 0 rings (SSSR count). The third-order valence-electron chi connectivity index (χ3n) is 2.52. The van der Waals surface area contributed by atoms with E-state index in [9.17, 15) is 0 Å². The van der Waals surface area contributed by atoms with Crippen LogP contribution in [0.3, 0.4) is 0 Å². The van der Waals surface area contributed by atoms with Crippen LogP contribution in [0, 0.1) is 0 Å². The first-order valence-electron chi connectivity index (χ1n) is 6.13. The molecule has 0 N–H and O–H groups in total. The number of aliphatic imine (C=N–C) groups is 1. The van der Waals surface area contributed by atoms with Crippen LogP contribution in [-0.2, 0) is 9.47 Å². The van der Waals surface area contributed by atoms with Gasteiger partial charge in [0.2, 0.25) is 0 Å². The van der Waals surface area contributed by atoms with Crippen molar-refractivity contribution in [2.75, 3.05) is 34.9 Å². The minimum absolute atomic E-state index is 0.0143. The summed E-state index contributed by atoms with van der Waals surface area (Å²) < 4.78 is 10.2. The van der Waals surface area contributed by atoms with E-state index in [1.807, 2.05) is 19.9 Å². The SMILES string of the molecule is COC=C(C=CCCN(C)C)N=C(C)C(C)OC. The topological polar surface area (TPSA) is 34.1 Å². The first-order valence-corrected chi connectivity index (χ1v) is 6.13. The van der Waals surface area contributed by atoms with Crippen LogP contribution in [0.1, 0.15) is 20.3 Å². The molecule has 0 saturated heterocycles. The van der Waals surface area contributed by atoms with E-state index in [-0.39, 0.29) is 6.10 Å². The Labute approximate surface area is 111 Å². The average molecular weight is 254 g/mol. The number of allylic oxidation sites excluding steroid dienone is 1. The van der Waals surface area contributed by atoms with Crippen molar-refractivity contribution in [2.24, 2.45) is 4.99 Å². The zero-order valence-corrected chi connectivity index (χ0v) is 12.4. The van der Waals surface area contributed by atoms with Crippen molar-refractivity contribution in [3.8, 4) is 0 Å². The van der Waals surface area contributed by atoms with Crippen molar-refractivity contribution < 1.29 is 9.47 Å². The first kappa shape index (κ1) is 16.9. The lowest BCUT2D eigenvalue weighted by Crippen LogP contribution is -2.15. The second-order valence-corrected chi connectivity index (χ2v) is 4.40. The Morgan fingerprint density at radius 2 is 2.00 bits per heavy atom. The van der Waals surface area contributed by atoms with Crippen LogP contribution in [0.15, 0.2) is 29.1 Å². The molecule has 0 bridgehead atoms. The standard InChI is InChI=1S/C14H26N2O2/c1-12(13(2)18-6)15-14(11-17-5)9-7-8-10-16(3)4/h7,9,11,13H,8,10H2,1-6H3. The summed E-state index contributed by atoms with van der Waals surface area (Å²) in [6, 6.07) is 0. The molecule has 0 heterocycles. The molecule has 1 atom stereocenters. The van der Waals surface area contributed by atoms with Crippen LogP contribution in [0.2, 0.25) is 0 Å². The molecule has 0 radical (unpaired) electrons. The Hall–Kier alpha value is -1.13. The molecule has 0 aliphatic heterocycles. The molecular weight excluding hydrogens is 228 g/mol. The quantitative estimate of drug-likeness (QED) is 0.379. The van der Waals surface area contributed by atoms with Crippen LogP contribution in [0.25, 0.3) is 0 Å². The van der Waals surface area contributed by atoms with E-state index in [1.165, 1.54) is 0 Å². The molecule has 0 fully saturated rings. The minimum Gasteiger partial charge on any atom is -0.502 e. The Balaban J connectivity index is 4.54. The normalized spacial score (nSPS) is 15.5. The van der Waals surface area contributed by atoms with E-state index in [0.717, 1.165) is 24.4 Å². The largest absolute Gasteiger partial charge is 0.502 e. The number of ether oxygens (including phenoxy) is 2. The van der Waals surface area contributed by atoms with E-state index in [4.69, 9.17) is 9.47 Å². The van der Waals surface area contributed by atoms with Gasteiger partial charge in [0, 0.05) is 19.4 Å². The van der Waals surface area contributed by atoms with Gasteiger partial charge in [-0.1, -0.05) is 6.08 Å². The van der Waals surface area contributed by atoms with Crippen molar-refractivity contribution in [3.63, 3.8) is 0 Å². The molecule has 4 heteroatoms. The highest BCUT2D eigenvalue weighted by atomic mass is 16.5. The van der Waals surface area contributed by atoms with Crippen LogP contribution < -0.4 is 0 Å². The summed E-state index contributed by atoms with van der Waals surface area (Å²) in [5, 5.41) is 0. The maximum absolute atomic E-state index is 5.22. The highest BCUT2D eigenvalue weighted by molar-refractivity contribution is 5.87. The summed E-state index contributed by atoms with van der Waals surface area (Å²) >= 11 is 0. The first-order chi connectivity index (χ1) is 8.51. The van der Waals surface area contributed by atoms with E-state index in [2.05, 4.69) is 30.1 Å². The predicted octanol–water partition coefficient (Wildman–Crippen LogP) is 2.48. The minimum atomic E-state index is 0.0143. The average Bonchev–Trinajstić information content (AvgIpc) is 2.33. The second kappa shape index (κ2) is 9.85. The Bertz CT molecular complexity index is 307. The van der Waals surface area contributed by atoms with Gasteiger partial charge in [0.15, 0.2) is 0 Å². The maximum Gasteiger partial charge on any atom is 0.108 e. The molecule has 104 valence electrons. The third-order valence-corrected chi connectivity index (χ3v) is 2.52. The zero-order chi connectivity index (χ0) is 14.0. The Morgan fingerprint density at radius 3 is 2.50 bits per heavy atom. The molecule has 4 nitrogen and oxygen atoms in total. The van der Waals surface area contributed by atoms with Crippen molar-refractivity contribution in [3.05, 3.63) is 24.1 Å². The number of nitrogens with zero attached hydrogens (tertiary/aromatic N) is 2. The lowest BCUT2D eigenvalue weighted by atomic mass is 10.2. The van der Waals surface area contributed by atoms with Gasteiger partial charge in [0.25, 0.3) is 0 Å². The lowest BCUT2D eigenvalue weighted by molar-refractivity contribution is 0.170. The fourth-order valence-electron chi connectivity index (χ4n) is 1.23. The maximum atomic E-state index is 5.22. The van der Waals surface area contributed by atoms with Crippen molar-refractivity contribution in [2.45, 2.75) is 26.4 Å². The highest BCUT2D eigenvalue weighted by Crippen LogP contribution is 2.04. The number of hydrogen-bond donors (Lipinski definition) is 0. The number of methoxy groups -OCH3 is 2. The van der Waals surface area contributed by atoms with Gasteiger partial charge in [-0.2, -0.15) is 0 Å². The molecule has 0 aromatic heterocycles. The van der Waals surface area contributed by atoms with Gasteiger partial charge in [-0.25, -0.2) is 0 Å². The number of hydrogen-bond acceptors (Lipinski definition) is 4. The molecule has 0 spiro atoms. The molecule has 0 aromatic rings. The molecule has 0 aromatic carbocycles. The molecule has 0 amide bonds. The smallest absolute Gasteiger partial charge is 0.108 e. The van der Waals surface area contributed by atoms with Gasteiger partial charge in [0.05, 0.1) is 18.9 Å². The Morgan fingerprint density at radius 1 is 1.33 bits per heavy atom.